The number of nitrogens with one attached hydrogen (secondary N) is 1. The molecular formula is C19H18N8O2. The number of para-hydroxylation sites is 1. The van der Waals surface area contributed by atoms with E-state index in [2.05, 4.69) is 30.4 Å². The van der Waals surface area contributed by atoms with E-state index in [0.29, 0.717) is 23.1 Å². The molecule has 4 aromatic rings. The lowest BCUT2D eigenvalue weighted by atomic mass is 10.2. The maximum atomic E-state index is 12.5. The van der Waals surface area contributed by atoms with Crippen LogP contribution in [0.4, 0.5) is 5.82 Å². The molecule has 0 spiro atoms. The molecule has 1 N–H and O–H groups in total. The van der Waals surface area contributed by atoms with Crippen LogP contribution < -0.4 is 15.8 Å². The quantitative estimate of drug-likeness (QED) is 0.531. The molecule has 1 saturated heterocycles. The van der Waals surface area contributed by atoms with Crippen LogP contribution >= 0.6 is 0 Å². The Labute approximate surface area is 164 Å². The van der Waals surface area contributed by atoms with Crippen LogP contribution in [0.1, 0.15) is 6.42 Å². The van der Waals surface area contributed by atoms with Crippen molar-refractivity contribution in [2.45, 2.75) is 19.0 Å². The van der Waals surface area contributed by atoms with Gasteiger partial charge in [-0.15, -0.1) is 10.2 Å². The van der Waals surface area contributed by atoms with Crippen LogP contribution in [0.2, 0.25) is 0 Å². The number of benzene rings is 1. The molecule has 0 unspecified atom stereocenters. The monoisotopic (exact) mass is 390 g/mol. The summed E-state index contributed by atoms with van der Waals surface area (Å²) in [5.74, 6) is 0.529. The Bertz CT molecular complexity index is 1260. The Morgan fingerprint density at radius 2 is 2.10 bits per heavy atom. The van der Waals surface area contributed by atoms with Crippen molar-refractivity contribution in [2.24, 2.45) is 0 Å². The third-order valence-corrected chi connectivity index (χ3v) is 5.10. The van der Waals surface area contributed by atoms with Gasteiger partial charge in [-0.05, 0) is 18.6 Å². The lowest BCUT2D eigenvalue weighted by Crippen LogP contribution is -2.40. The van der Waals surface area contributed by atoms with Crippen molar-refractivity contribution in [3.05, 3.63) is 59.7 Å². The molecule has 10 nitrogen and oxygen atoms in total. The van der Waals surface area contributed by atoms with E-state index < -0.39 is 0 Å². The van der Waals surface area contributed by atoms with Gasteiger partial charge in [0.1, 0.15) is 12.9 Å². The van der Waals surface area contributed by atoms with E-state index >= 15 is 0 Å². The van der Waals surface area contributed by atoms with Gasteiger partial charge in [0.2, 0.25) is 11.6 Å². The Morgan fingerprint density at radius 1 is 1.21 bits per heavy atom. The van der Waals surface area contributed by atoms with E-state index in [1.54, 1.807) is 36.9 Å². The van der Waals surface area contributed by atoms with E-state index in [4.69, 9.17) is 0 Å². The van der Waals surface area contributed by atoms with Crippen molar-refractivity contribution >= 4 is 28.3 Å². The largest absolute Gasteiger partial charge is 0.351 e. The second-order valence-electron chi connectivity index (χ2n) is 7.01. The fourth-order valence-corrected chi connectivity index (χ4v) is 3.69. The minimum atomic E-state index is -0.221. The first-order valence-corrected chi connectivity index (χ1v) is 9.32. The molecule has 0 bridgehead atoms. The summed E-state index contributed by atoms with van der Waals surface area (Å²) >= 11 is 0. The number of amides is 1. The zero-order chi connectivity index (χ0) is 19.8. The second-order valence-corrected chi connectivity index (χ2v) is 7.01. The highest BCUT2D eigenvalue weighted by atomic mass is 16.2. The van der Waals surface area contributed by atoms with Crippen LogP contribution in [0.5, 0.6) is 0 Å². The highest BCUT2D eigenvalue weighted by Gasteiger charge is 2.26. The molecule has 4 heterocycles. The summed E-state index contributed by atoms with van der Waals surface area (Å²) < 4.78 is 3.15. The first kappa shape index (κ1) is 17.3. The fraction of sp³-hybridized carbons (Fsp3) is 0.263. The van der Waals surface area contributed by atoms with Gasteiger partial charge in [0.15, 0.2) is 5.82 Å². The first-order chi connectivity index (χ1) is 14.2. The van der Waals surface area contributed by atoms with E-state index in [9.17, 15) is 9.59 Å². The predicted molar refractivity (Wildman–Crippen MR) is 106 cm³/mol. The zero-order valence-electron chi connectivity index (χ0n) is 15.5. The van der Waals surface area contributed by atoms with Gasteiger partial charge in [-0.3, -0.25) is 18.6 Å². The third-order valence-electron chi connectivity index (χ3n) is 5.10. The summed E-state index contributed by atoms with van der Waals surface area (Å²) in [7, 11) is 0. The first-order valence-electron chi connectivity index (χ1n) is 9.32. The van der Waals surface area contributed by atoms with E-state index in [-0.39, 0.29) is 24.1 Å². The number of nitrogens with zero attached hydrogens (tertiary/aromatic N) is 7. The normalized spacial score (nSPS) is 16.6. The zero-order valence-corrected chi connectivity index (χ0v) is 15.5. The third kappa shape index (κ3) is 3.18. The minimum Gasteiger partial charge on any atom is -0.351 e. The van der Waals surface area contributed by atoms with Crippen molar-refractivity contribution in [2.75, 3.05) is 18.0 Å². The van der Waals surface area contributed by atoms with Crippen molar-refractivity contribution in [3.8, 4) is 0 Å². The van der Waals surface area contributed by atoms with Gasteiger partial charge in [-0.25, -0.2) is 9.97 Å². The smallest absolute Gasteiger partial charge is 0.261 e. The molecule has 1 fully saturated rings. The lowest BCUT2D eigenvalue weighted by Gasteiger charge is -2.18. The van der Waals surface area contributed by atoms with Crippen LogP contribution in [-0.4, -0.2) is 54.2 Å². The molecule has 0 radical (unpaired) electrons. The molecule has 146 valence electrons. The maximum absolute atomic E-state index is 12.5. The number of carbonyl (C=O) groups excluding carboxylic acids is 1. The van der Waals surface area contributed by atoms with Gasteiger partial charge >= 0.3 is 0 Å². The number of hydrogen-bond acceptors (Lipinski definition) is 7. The molecule has 3 aromatic heterocycles. The van der Waals surface area contributed by atoms with Gasteiger partial charge < -0.3 is 10.2 Å². The van der Waals surface area contributed by atoms with Gasteiger partial charge in [0.25, 0.3) is 5.56 Å². The topological polar surface area (TPSA) is 110 Å². The van der Waals surface area contributed by atoms with Crippen LogP contribution in [0, 0.1) is 0 Å². The maximum Gasteiger partial charge on any atom is 0.261 e. The molecule has 1 aliphatic heterocycles. The molecule has 1 aromatic carbocycles. The molecular weight excluding hydrogens is 372 g/mol. The molecule has 5 rings (SSSR count). The Morgan fingerprint density at radius 3 is 3.03 bits per heavy atom. The number of aromatic nitrogens is 6. The highest BCUT2D eigenvalue weighted by molar-refractivity contribution is 5.79. The Kier molecular flexibility index (Phi) is 4.15. The number of fused-ring (bicyclic) bond motifs is 2. The van der Waals surface area contributed by atoms with E-state index in [1.807, 2.05) is 10.5 Å². The molecule has 1 aliphatic rings. The summed E-state index contributed by atoms with van der Waals surface area (Å²) in [6.07, 6.45) is 7.33. The van der Waals surface area contributed by atoms with Crippen molar-refractivity contribution < 1.29 is 4.79 Å². The number of carbonyl (C=O) groups is 1. The van der Waals surface area contributed by atoms with Crippen LogP contribution in [0.25, 0.3) is 16.6 Å². The van der Waals surface area contributed by atoms with E-state index in [1.165, 1.54) is 10.9 Å². The summed E-state index contributed by atoms with van der Waals surface area (Å²) in [4.78, 5) is 35.8. The van der Waals surface area contributed by atoms with Gasteiger partial charge in [0, 0.05) is 31.5 Å². The van der Waals surface area contributed by atoms with Gasteiger partial charge in [-0.1, -0.05) is 12.1 Å². The molecule has 29 heavy (non-hydrogen) atoms. The summed E-state index contributed by atoms with van der Waals surface area (Å²) in [6, 6.07) is 7.07. The molecule has 10 heteroatoms. The molecule has 0 saturated carbocycles. The Hall–Kier alpha value is -3.82. The average Bonchev–Trinajstić information content (AvgIpc) is 3.39. The second kappa shape index (κ2) is 6.97. The Balaban J connectivity index is 1.27. The van der Waals surface area contributed by atoms with Crippen molar-refractivity contribution in [3.63, 3.8) is 0 Å². The van der Waals surface area contributed by atoms with Gasteiger partial charge in [0.05, 0.1) is 17.2 Å². The van der Waals surface area contributed by atoms with Crippen LogP contribution in [-0.2, 0) is 11.3 Å². The minimum absolute atomic E-state index is 0.0309. The molecule has 1 amide bonds. The van der Waals surface area contributed by atoms with Crippen LogP contribution in [0.15, 0.2) is 54.1 Å². The van der Waals surface area contributed by atoms with Crippen molar-refractivity contribution in [1.29, 1.82) is 0 Å². The fourth-order valence-electron chi connectivity index (χ4n) is 3.69. The summed E-state index contributed by atoms with van der Waals surface area (Å²) in [5, 5.41) is 11.5. The number of anilines is 1. The summed E-state index contributed by atoms with van der Waals surface area (Å²) in [6.45, 7) is 1.31. The summed E-state index contributed by atoms with van der Waals surface area (Å²) in [5.41, 5.74) is 1.09. The average molecular weight is 390 g/mol. The van der Waals surface area contributed by atoms with Crippen LogP contribution in [0.3, 0.4) is 0 Å². The number of rotatable bonds is 4. The molecule has 1 atom stereocenters. The van der Waals surface area contributed by atoms with Gasteiger partial charge in [-0.2, -0.15) is 0 Å². The van der Waals surface area contributed by atoms with Crippen molar-refractivity contribution in [1.82, 2.24) is 34.4 Å². The lowest BCUT2D eigenvalue weighted by molar-refractivity contribution is -0.122. The highest BCUT2D eigenvalue weighted by Crippen LogP contribution is 2.21. The standard InChI is InChI=1S/C19H18N8O2/c28-16(10-27-11-21-15-4-2-1-3-14(15)19(27)29)23-13-5-7-25(9-13)17-18-24-22-12-26(18)8-6-20-17/h1-4,6,8,11-13H,5,7,9-10H2,(H,23,28)/t13-/m1/s1. The predicted octanol–water partition coefficient (Wildman–Crippen LogP) is 0.229. The SMILES string of the molecule is O=C(Cn1cnc2ccccc2c1=O)N[C@@H]1CCN(c2nccn3cnnc23)C1. The number of hydrogen-bond donors (Lipinski definition) is 1. The van der Waals surface area contributed by atoms with E-state index in [0.717, 1.165) is 18.8 Å². The molecule has 0 aliphatic carbocycles.